The number of nitrogens with zero attached hydrogens (tertiary/aromatic N) is 4. The quantitative estimate of drug-likeness (QED) is 0.657. The van der Waals surface area contributed by atoms with Crippen LogP contribution in [-0.2, 0) is 0 Å². The van der Waals surface area contributed by atoms with Crippen molar-refractivity contribution < 1.29 is 4.39 Å². The fourth-order valence-corrected chi connectivity index (χ4v) is 3.85. The van der Waals surface area contributed by atoms with Gasteiger partial charge in [0.15, 0.2) is 5.82 Å². The molecule has 1 aliphatic rings. The third kappa shape index (κ3) is 2.46. The van der Waals surface area contributed by atoms with E-state index >= 15 is 0 Å². The summed E-state index contributed by atoms with van der Waals surface area (Å²) in [6, 6.07) is 2.21. The van der Waals surface area contributed by atoms with Gasteiger partial charge in [0.1, 0.15) is 10.3 Å². The van der Waals surface area contributed by atoms with E-state index in [-0.39, 0.29) is 11.6 Å². The van der Waals surface area contributed by atoms with E-state index in [9.17, 15) is 4.39 Å². The molecule has 0 aliphatic carbocycles. The summed E-state index contributed by atoms with van der Waals surface area (Å²) in [5, 5.41) is 4.27. The van der Waals surface area contributed by atoms with Gasteiger partial charge in [-0.15, -0.1) is 0 Å². The van der Waals surface area contributed by atoms with E-state index in [1.807, 2.05) is 19.2 Å². The van der Waals surface area contributed by atoms with Crippen LogP contribution < -0.4 is 11.1 Å². The minimum Gasteiger partial charge on any atom is -0.368 e. The molecule has 8 heteroatoms. The number of aromatic nitrogens is 4. The topological polar surface area (TPSA) is 81.7 Å². The average Bonchev–Trinajstić information content (AvgIpc) is 3.17. The highest BCUT2D eigenvalue weighted by Gasteiger charge is 2.24. The third-order valence-electron chi connectivity index (χ3n) is 4.40. The molecule has 0 aromatic carbocycles. The van der Waals surface area contributed by atoms with Crippen LogP contribution >= 0.6 is 15.9 Å². The summed E-state index contributed by atoms with van der Waals surface area (Å²) in [5.41, 5.74) is 8.48. The number of fused-ring (bicyclic) bond motifs is 1. The van der Waals surface area contributed by atoms with Crippen molar-refractivity contribution in [3.63, 3.8) is 0 Å². The second-order valence-corrected chi connectivity index (χ2v) is 6.76. The van der Waals surface area contributed by atoms with Crippen molar-refractivity contribution in [3.8, 4) is 11.3 Å². The van der Waals surface area contributed by atoms with Crippen molar-refractivity contribution in [2.24, 2.45) is 0 Å². The molecule has 0 amide bonds. The Balaban J connectivity index is 2.03. The van der Waals surface area contributed by atoms with Gasteiger partial charge in [-0.25, -0.2) is 19.3 Å². The van der Waals surface area contributed by atoms with Crippen LogP contribution in [0.1, 0.15) is 18.2 Å². The molecule has 1 aliphatic heterocycles. The maximum absolute atomic E-state index is 14.3. The van der Waals surface area contributed by atoms with Crippen molar-refractivity contribution in [2.45, 2.75) is 19.4 Å². The van der Waals surface area contributed by atoms with Crippen LogP contribution in [0.3, 0.4) is 0 Å². The van der Waals surface area contributed by atoms with Crippen LogP contribution in [0.4, 0.5) is 10.3 Å². The second kappa shape index (κ2) is 5.78. The molecule has 3 aromatic rings. The molecule has 0 radical (unpaired) electrons. The predicted molar refractivity (Wildman–Crippen MR) is 94.1 cm³/mol. The van der Waals surface area contributed by atoms with E-state index in [4.69, 9.17) is 5.73 Å². The van der Waals surface area contributed by atoms with Gasteiger partial charge in [-0.3, -0.25) is 0 Å². The van der Waals surface area contributed by atoms with Gasteiger partial charge in [0.25, 0.3) is 0 Å². The molecule has 4 heterocycles. The molecule has 0 spiro atoms. The molecule has 1 atom stereocenters. The van der Waals surface area contributed by atoms with Crippen LogP contribution in [0.15, 0.2) is 23.1 Å². The zero-order valence-electron chi connectivity index (χ0n) is 13.1. The molecule has 1 unspecified atom stereocenters. The van der Waals surface area contributed by atoms with Crippen LogP contribution in [0.25, 0.3) is 22.2 Å². The lowest BCUT2D eigenvalue weighted by molar-refractivity contribution is 0.564. The number of hydrogen-bond donors (Lipinski definition) is 2. The van der Waals surface area contributed by atoms with Gasteiger partial charge in [-0.1, -0.05) is 0 Å². The van der Waals surface area contributed by atoms with Gasteiger partial charge in [0.2, 0.25) is 5.95 Å². The van der Waals surface area contributed by atoms with E-state index in [1.54, 1.807) is 0 Å². The van der Waals surface area contributed by atoms with E-state index < -0.39 is 5.82 Å². The molecule has 6 nitrogen and oxygen atoms in total. The highest BCUT2D eigenvalue weighted by molar-refractivity contribution is 9.10. The van der Waals surface area contributed by atoms with Crippen LogP contribution in [0.2, 0.25) is 0 Å². The summed E-state index contributed by atoms with van der Waals surface area (Å²) in [6.07, 6.45) is 4.09. The molecular weight excluding hydrogens is 375 g/mol. The number of halogens is 2. The minimum absolute atomic E-state index is 0.0553. The van der Waals surface area contributed by atoms with Gasteiger partial charge in [-0.05, 0) is 41.9 Å². The summed E-state index contributed by atoms with van der Waals surface area (Å²) in [5.74, 6) is -0.432. The minimum atomic E-state index is -0.488. The SMILES string of the molecule is Cc1nc(Br)cc2c(-c3nc(N)ncc3F)cn(C3CCNC3)c12. The Morgan fingerprint density at radius 3 is 3.00 bits per heavy atom. The van der Waals surface area contributed by atoms with Gasteiger partial charge in [0, 0.05) is 29.7 Å². The highest BCUT2D eigenvalue weighted by Crippen LogP contribution is 2.36. The van der Waals surface area contributed by atoms with Gasteiger partial charge in [0.05, 0.1) is 17.4 Å². The van der Waals surface area contributed by atoms with Crippen LogP contribution in [0, 0.1) is 12.7 Å². The summed E-state index contributed by atoms with van der Waals surface area (Å²) in [4.78, 5) is 12.3. The Bertz CT molecular complexity index is 932. The zero-order valence-corrected chi connectivity index (χ0v) is 14.6. The lowest BCUT2D eigenvalue weighted by Crippen LogP contribution is -2.13. The molecule has 124 valence electrons. The number of nitrogens with one attached hydrogen (secondary N) is 1. The first-order valence-electron chi connectivity index (χ1n) is 7.71. The Labute approximate surface area is 146 Å². The van der Waals surface area contributed by atoms with E-state index in [2.05, 4.69) is 40.8 Å². The predicted octanol–water partition coefficient (Wildman–Crippen LogP) is 2.82. The molecule has 4 rings (SSSR count). The maximum atomic E-state index is 14.3. The number of nitrogens with two attached hydrogens (primary N) is 1. The maximum Gasteiger partial charge on any atom is 0.220 e. The summed E-state index contributed by atoms with van der Waals surface area (Å²) in [7, 11) is 0. The Kier molecular flexibility index (Phi) is 3.73. The standard InChI is InChI=1S/C16H16BrFN6/c1-8-15-10(4-13(17)22-8)11(7-24(15)9-2-3-20-5-9)14-12(18)6-21-16(19)23-14/h4,6-7,9,20H,2-3,5H2,1H3,(H2,19,21,23). The van der Waals surface area contributed by atoms with Crippen molar-refractivity contribution in [1.82, 2.24) is 24.8 Å². The number of anilines is 1. The molecule has 0 saturated carbocycles. The van der Waals surface area contributed by atoms with Crippen molar-refractivity contribution >= 4 is 32.8 Å². The zero-order chi connectivity index (χ0) is 16.8. The Hall–Kier alpha value is -2.06. The fraction of sp³-hybridized carbons (Fsp3) is 0.312. The van der Waals surface area contributed by atoms with Gasteiger partial charge in [-0.2, -0.15) is 0 Å². The molecule has 3 aromatic heterocycles. The second-order valence-electron chi connectivity index (χ2n) is 5.95. The smallest absolute Gasteiger partial charge is 0.220 e. The molecule has 1 saturated heterocycles. The van der Waals surface area contributed by atoms with E-state index in [1.165, 1.54) is 0 Å². The lowest BCUT2D eigenvalue weighted by atomic mass is 10.1. The van der Waals surface area contributed by atoms with Crippen molar-refractivity contribution in [2.75, 3.05) is 18.8 Å². The average molecular weight is 391 g/mol. The normalized spacial score (nSPS) is 17.7. The molecular formula is C16H16BrFN6. The third-order valence-corrected chi connectivity index (χ3v) is 4.80. The number of nitrogen functional groups attached to an aromatic ring is 1. The monoisotopic (exact) mass is 390 g/mol. The Morgan fingerprint density at radius 1 is 1.42 bits per heavy atom. The number of pyridine rings is 1. The summed E-state index contributed by atoms with van der Waals surface area (Å²) in [6.45, 7) is 3.81. The number of rotatable bonds is 2. The van der Waals surface area contributed by atoms with Crippen LogP contribution in [-0.4, -0.2) is 32.6 Å². The van der Waals surface area contributed by atoms with Gasteiger partial charge >= 0.3 is 0 Å². The Morgan fingerprint density at radius 2 is 2.25 bits per heavy atom. The summed E-state index contributed by atoms with van der Waals surface area (Å²) < 4.78 is 17.2. The number of hydrogen-bond acceptors (Lipinski definition) is 5. The molecule has 24 heavy (non-hydrogen) atoms. The van der Waals surface area contributed by atoms with E-state index in [0.717, 1.165) is 42.3 Å². The molecule has 0 bridgehead atoms. The van der Waals surface area contributed by atoms with Gasteiger partial charge < -0.3 is 15.6 Å². The first-order chi connectivity index (χ1) is 11.5. The number of aryl methyl sites for hydroxylation is 1. The summed E-state index contributed by atoms with van der Waals surface area (Å²) >= 11 is 3.43. The first-order valence-corrected chi connectivity index (χ1v) is 8.50. The molecule has 3 N–H and O–H groups in total. The molecule has 1 fully saturated rings. The highest BCUT2D eigenvalue weighted by atomic mass is 79.9. The first kappa shape index (κ1) is 15.5. The van der Waals surface area contributed by atoms with Crippen molar-refractivity contribution in [3.05, 3.63) is 34.6 Å². The van der Waals surface area contributed by atoms with E-state index in [0.29, 0.717) is 16.2 Å². The lowest BCUT2D eigenvalue weighted by Gasteiger charge is -2.13. The van der Waals surface area contributed by atoms with Crippen LogP contribution in [0.5, 0.6) is 0 Å². The van der Waals surface area contributed by atoms with Crippen molar-refractivity contribution in [1.29, 1.82) is 0 Å². The fourth-order valence-electron chi connectivity index (χ4n) is 3.36. The largest absolute Gasteiger partial charge is 0.368 e.